The highest BCUT2D eigenvalue weighted by Crippen LogP contribution is 2.43. The van der Waals surface area contributed by atoms with Gasteiger partial charge in [0.05, 0.1) is 44.9 Å². The van der Waals surface area contributed by atoms with Crippen LogP contribution in [0.25, 0.3) is 0 Å². The number of amides is 1. The molecule has 0 saturated carbocycles. The van der Waals surface area contributed by atoms with Crippen molar-refractivity contribution in [3.63, 3.8) is 0 Å². The molecule has 1 amide bonds. The van der Waals surface area contributed by atoms with Crippen LogP contribution < -0.4 is 4.74 Å². The van der Waals surface area contributed by atoms with Gasteiger partial charge in [-0.15, -0.1) is 0 Å². The lowest BCUT2D eigenvalue weighted by molar-refractivity contribution is -0.885. The number of nitriles is 1. The van der Waals surface area contributed by atoms with E-state index in [0.29, 0.717) is 34.4 Å². The summed E-state index contributed by atoms with van der Waals surface area (Å²) in [4.78, 5) is 14.5. The van der Waals surface area contributed by atoms with Crippen LogP contribution in [0.4, 0.5) is 0 Å². The molecule has 1 saturated heterocycles. The first-order valence-corrected chi connectivity index (χ1v) is 8.17. The molecule has 128 valence electrons. The fraction of sp³-hybridized carbons (Fsp3) is 0.556. The normalized spacial score (nSPS) is 27.8. The van der Waals surface area contributed by atoms with E-state index in [1.165, 1.54) is 0 Å². The van der Waals surface area contributed by atoms with Crippen molar-refractivity contribution in [2.24, 2.45) is 0 Å². The maximum atomic E-state index is 12.7. The van der Waals surface area contributed by atoms with Crippen LogP contribution in [0, 0.1) is 11.3 Å². The topological polar surface area (TPSA) is 73.6 Å². The van der Waals surface area contributed by atoms with E-state index >= 15 is 0 Å². The van der Waals surface area contributed by atoms with Gasteiger partial charge in [-0.05, 0) is 32.0 Å². The van der Waals surface area contributed by atoms with Gasteiger partial charge in [-0.1, -0.05) is 0 Å². The Kier molecular flexibility index (Phi) is 3.82. The van der Waals surface area contributed by atoms with Crippen molar-refractivity contribution in [1.29, 1.82) is 5.26 Å². The van der Waals surface area contributed by atoms with Crippen molar-refractivity contribution in [2.75, 3.05) is 33.7 Å². The number of quaternary nitrogens is 1. The SMILES string of the molecule is CC1(C)Oc2ccc(C#N)cc2C(N2CC[N+](C)(C)CC2=O)[C@@H]1O. The molecule has 2 aliphatic rings. The number of carbonyl (C=O) groups is 1. The second-order valence-electron chi connectivity index (χ2n) is 7.86. The fourth-order valence-electron chi connectivity index (χ4n) is 3.51. The summed E-state index contributed by atoms with van der Waals surface area (Å²) >= 11 is 0. The number of fused-ring (bicyclic) bond motifs is 1. The molecule has 6 heteroatoms. The van der Waals surface area contributed by atoms with Gasteiger partial charge in [0.25, 0.3) is 5.91 Å². The molecule has 6 nitrogen and oxygen atoms in total. The largest absolute Gasteiger partial charge is 0.485 e. The van der Waals surface area contributed by atoms with E-state index in [-0.39, 0.29) is 5.91 Å². The molecule has 1 N–H and O–H groups in total. The number of rotatable bonds is 1. The Morgan fingerprint density at radius 1 is 1.42 bits per heavy atom. The highest BCUT2D eigenvalue weighted by Gasteiger charge is 2.48. The lowest BCUT2D eigenvalue weighted by Gasteiger charge is -2.48. The standard InChI is InChI=1S/C18H24N3O3/c1-18(2)17(23)16(20-7-8-21(3,4)11-15(20)22)13-9-12(10-19)5-6-14(13)24-18/h5-6,9,16-17,23H,7-8,11H2,1-4H3/q+1/t16?,17-/m0/s1. The maximum absolute atomic E-state index is 12.7. The molecule has 0 bridgehead atoms. The Morgan fingerprint density at radius 3 is 2.75 bits per heavy atom. The minimum Gasteiger partial charge on any atom is -0.485 e. The Balaban J connectivity index is 2.06. The molecule has 1 aromatic carbocycles. The molecule has 2 aliphatic heterocycles. The average Bonchev–Trinajstić information content (AvgIpc) is 2.48. The predicted molar refractivity (Wildman–Crippen MR) is 88.2 cm³/mol. The molecule has 1 fully saturated rings. The van der Waals surface area contributed by atoms with E-state index in [4.69, 9.17) is 4.74 Å². The number of hydrogen-bond donors (Lipinski definition) is 1. The molecule has 0 radical (unpaired) electrons. The van der Waals surface area contributed by atoms with Gasteiger partial charge in [-0.3, -0.25) is 4.79 Å². The second kappa shape index (κ2) is 5.47. The molecule has 2 atom stereocenters. The van der Waals surface area contributed by atoms with Gasteiger partial charge < -0.3 is 19.2 Å². The number of aliphatic hydroxyl groups is 1. The Morgan fingerprint density at radius 2 is 2.12 bits per heavy atom. The first-order valence-electron chi connectivity index (χ1n) is 8.17. The van der Waals surface area contributed by atoms with Gasteiger partial charge in [-0.2, -0.15) is 5.26 Å². The Hall–Kier alpha value is -2.10. The Labute approximate surface area is 142 Å². The van der Waals surface area contributed by atoms with Gasteiger partial charge in [0.15, 0.2) is 6.54 Å². The van der Waals surface area contributed by atoms with Gasteiger partial charge >= 0.3 is 0 Å². The predicted octanol–water partition coefficient (Wildman–Crippen LogP) is 1.05. The minimum absolute atomic E-state index is 0.0151. The molecule has 1 unspecified atom stereocenters. The van der Waals surface area contributed by atoms with Crippen LogP contribution in [-0.4, -0.2) is 65.8 Å². The second-order valence-corrected chi connectivity index (χ2v) is 7.86. The van der Waals surface area contributed by atoms with Crippen molar-refractivity contribution < 1.29 is 19.1 Å². The summed E-state index contributed by atoms with van der Waals surface area (Å²) in [5, 5.41) is 20.1. The lowest BCUT2D eigenvalue weighted by Crippen LogP contribution is -2.62. The van der Waals surface area contributed by atoms with E-state index in [1.54, 1.807) is 23.1 Å². The first kappa shape index (κ1) is 16.7. The van der Waals surface area contributed by atoms with Crippen LogP contribution >= 0.6 is 0 Å². The van der Waals surface area contributed by atoms with Crippen molar-refractivity contribution >= 4 is 5.91 Å². The number of benzene rings is 1. The van der Waals surface area contributed by atoms with Gasteiger partial charge in [0, 0.05) is 5.56 Å². The van der Waals surface area contributed by atoms with Crippen LogP contribution in [0.5, 0.6) is 5.75 Å². The zero-order valence-electron chi connectivity index (χ0n) is 14.6. The maximum Gasteiger partial charge on any atom is 0.278 e. The third kappa shape index (κ3) is 2.74. The number of piperazine rings is 1. The van der Waals surface area contributed by atoms with Crippen molar-refractivity contribution in [1.82, 2.24) is 4.90 Å². The first-order chi connectivity index (χ1) is 11.1. The zero-order valence-corrected chi connectivity index (χ0v) is 14.6. The zero-order chi connectivity index (χ0) is 17.7. The third-order valence-electron chi connectivity index (χ3n) is 5.01. The number of likely N-dealkylation sites (N-methyl/N-ethyl adjacent to an activating group) is 1. The summed E-state index contributed by atoms with van der Waals surface area (Å²) in [6.07, 6.45) is -0.864. The molecular weight excluding hydrogens is 306 g/mol. The average molecular weight is 330 g/mol. The van der Waals surface area contributed by atoms with Crippen LogP contribution in [0.15, 0.2) is 18.2 Å². The van der Waals surface area contributed by atoms with E-state index < -0.39 is 17.7 Å². The fourth-order valence-corrected chi connectivity index (χ4v) is 3.51. The highest BCUT2D eigenvalue weighted by atomic mass is 16.5. The molecule has 0 spiro atoms. The smallest absolute Gasteiger partial charge is 0.278 e. The number of aliphatic hydroxyl groups excluding tert-OH is 1. The summed E-state index contributed by atoms with van der Waals surface area (Å²) in [5.41, 5.74) is 0.393. The van der Waals surface area contributed by atoms with Crippen LogP contribution in [0.3, 0.4) is 0 Å². The molecule has 24 heavy (non-hydrogen) atoms. The van der Waals surface area contributed by atoms with Crippen molar-refractivity contribution in [3.8, 4) is 11.8 Å². The van der Waals surface area contributed by atoms with Crippen LogP contribution in [0.2, 0.25) is 0 Å². The van der Waals surface area contributed by atoms with Crippen LogP contribution in [0.1, 0.15) is 31.0 Å². The summed E-state index contributed by atoms with van der Waals surface area (Å²) in [5.74, 6) is 0.641. The highest BCUT2D eigenvalue weighted by molar-refractivity contribution is 5.78. The number of hydrogen-bond acceptors (Lipinski definition) is 4. The minimum atomic E-state index is -0.864. The monoisotopic (exact) mass is 330 g/mol. The van der Waals surface area contributed by atoms with Gasteiger partial charge in [0.2, 0.25) is 0 Å². The quantitative estimate of drug-likeness (QED) is 0.781. The van der Waals surface area contributed by atoms with Crippen LogP contribution in [-0.2, 0) is 4.79 Å². The molecule has 0 aromatic heterocycles. The van der Waals surface area contributed by atoms with E-state index in [2.05, 4.69) is 6.07 Å². The van der Waals surface area contributed by atoms with Gasteiger partial charge in [-0.25, -0.2) is 0 Å². The number of carbonyl (C=O) groups excluding carboxylic acids is 1. The summed E-state index contributed by atoms with van der Waals surface area (Å²) in [6.45, 7) is 5.43. The molecular formula is C18H24N3O3+. The molecule has 2 heterocycles. The summed E-state index contributed by atoms with van der Waals surface area (Å²) in [7, 11) is 4.06. The van der Waals surface area contributed by atoms with Crippen molar-refractivity contribution in [2.45, 2.75) is 31.6 Å². The third-order valence-corrected chi connectivity index (χ3v) is 5.01. The van der Waals surface area contributed by atoms with E-state index in [0.717, 1.165) is 6.54 Å². The molecule has 3 rings (SSSR count). The van der Waals surface area contributed by atoms with Gasteiger partial charge in [0.1, 0.15) is 17.5 Å². The van der Waals surface area contributed by atoms with Crippen molar-refractivity contribution in [3.05, 3.63) is 29.3 Å². The Bertz CT molecular complexity index is 721. The summed E-state index contributed by atoms with van der Waals surface area (Å²) in [6, 6.07) is 6.79. The van der Waals surface area contributed by atoms with E-state index in [1.807, 2.05) is 27.9 Å². The number of ether oxygens (including phenoxy) is 1. The van der Waals surface area contributed by atoms with E-state index in [9.17, 15) is 15.2 Å². The number of nitrogens with zero attached hydrogens (tertiary/aromatic N) is 3. The molecule has 1 aromatic rings. The molecule has 0 aliphatic carbocycles. The lowest BCUT2D eigenvalue weighted by atomic mass is 9.84. The summed E-state index contributed by atoms with van der Waals surface area (Å²) < 4.78 is 6.57.